The summed E-state index contributed by atoms with van der Waals surface area (Å²) in [5, 5.41) is 6.09. The Balaban J connectivity index is 2.20. The van der Waals surface area contributed by atoms with Crippen molar-refractivity contribution in [2.24, 2.45) is 0 Å². The lowest BCUT2D eigenvalue weighted by Crippen LogP contribution is -2.21. The van der Waals surface area contributed by atoms with E-state index in [1.807, 2.05) is 12.3 Å². The van der Waals surface area contributed by atoms with Crippen LogP contribution in [0.3, 0.4) is 0 Å². The minimum Gasteiger partial charge on any atom is -0.399 e. The van der Waals surface area contributed by atoms with Crippen molar-refractivity contribution in [1.29, 1.82) is 0 Å². The lowest BCUT2D eigenvalue weighted by Gasteiger charge is -2.15. The molecule has 1 aromatic heterocycles. The molecule has 1 aromatic carbocycles. The summed E-state index contributed by atoms with van der Waals surface area (Å²) >= 11 is 1.58. The van der Waals surface area contributed by atoms with Gasteiger partial charge in [-0.05, 0) is 25.2 Å². The molecule has 2 rings (SSSR count). The van der Waals surface area contributed by atoms with Gasteiger partial charge in [-0.2, -0.15) is 0 Å². The van der Waals surface area contributed by atoms with Gasteiger partial charge in [-0.25, -0.2) is 18.1 Å². The van der Waals surface area contributed by atoms with Crippen LogP contribution in [0.15, 0.2) is 34.7 Å². The molecule has 0 saturated carbocycles. The third kappa shape index (κ3) is 3.72. The van der Waals surface area contributed by atoms with Crippen molar-refractivity contribution < 1.29 is 8.42 Å². The van der Waals surface area contributed by atoms with Crippen molar-refractivity contribution in [1.82, 2.24) is 9.71 Å². The molecule has 0 saturated heterocycles. The Bertz CT molecular complexity index is 699. The zero-order chi connectivity index (χ0) is 15.5. The van der Waals surface area contributed by atoms with Gasteiger partial charge in [-0.3, -0.25) is 0 Å². The van der Waals surface area contributed by atoms with Crippen LogP contribution in [0.5, 0.6) is 0 Å². The Morgan fingerprint density at radius 1 is 1.43 bits per heavy atom. The summed E-state index contributed by atoms with van der Waals surface area (Å²) in [6.45, 7) is 2.62. The summed E-state index contributed by atoms with van der Waals surface area (Å²) in [7, 11) is -2.18. The standard InChI is InChI=1S/C13H18N4O2S2/c1-9(13-16-5-6-20-13)8-17-11-4-3-10(14)7-12(11)21(18,19)15-2/h3-7,9,15,17H,8,14H2,1-2H3. The van der Waals surface area contributed by atoms with Gasteiger partial charge < -0.3 is 11.1 Å². The Morgan fingerprint density at radius 2 is 2.19 bits per heavy atom. The monoisotopic (exact) mass is 326 g/mol. The molecule has 0 radical (unpaired) electrons. The minimum absolute atomic E-state index is 0.149. The first kappa shape index (κ1) is 15.7. The molecule has 6 nitrogen and oxygen atoms in total. The number of nitrogens with two attached hydrogens (primary N) is 1. The maximum atomic E-state index is 12.0. The summed E-state index contributed by atoms with van der Waals surface area (Å²) in [5.41, 5.74) is 6.62. The maximum absolute atomic E-state index is 12.0. The van der Waals surface area contributed by atoms with Crippen molar-refractivity contribution in [2.75, 3.05) is 24.6 Å². The second kappa shape index (κ2) is 6.42. The quantitative estimate of drug-likeness (QED) is 0.704. The molecule has 1 heterocycles. The van der Waals surface area contributed by atoms with Gasteiger partial charge in [0.25, 0.3) is 0 Å². The topological polar surface area (TPSA) is 97.1 Å². The zero-order valence-electron chi connectivity index (χ0n) is 11.8. The predicted octanol–water partition coefficient (Wildman–Crippen LogP) is 1.85. The normalized spacial score (nSPS) is 13.0. The summed E-state index contributed by atoms with van der Waals surface area (Å²) in [6, 6.07) is 4.79. The van der Waals surface area contributed by atoms with E-state index < -0.39 is 10.0 Å². The molecular formula is C13H18N4O2S2. The molecule has 1 atom stereocenters. The van der Waals surface area contributed by atoms with E-state index in [2.05, 4.69) is 15.0 Å². The van der Waals surface area contributed by atoms with Crippen LogP contribution in [0.25, 0.3) is 0 Å². The third-order valence-corrected chi connectivity index (χ3v) is 5.50. The molecule has 0 aliphatic rings. The molecule has 4 N–H and O–H groups in total. The van der Waals surface area contributed by atoms with Crippen LogP contribution >= 0.6 is 11.3 Å². The summed E-state index contributed by atoms with van der Waals surface area (Å²) < 4.78 is 26.4. The highest BCUT2D eigenvalue weighted by atomic mass is 32.2. The molecule has 1 unspecified atom stereocenters. The summed E-state index contributed by atoms with van der Waals surface area (Å²) in [5.74, 6) is 0.188. The molecule has 0 bridgehead atoms. The van der Waals surface area contributed by atoms with Gasteiger partial charge in [0.2, 0.25) is 10.0 Å². The smallest absolute Gasteiger partial charge is 0.242 e. The van der Waals surface area contributed by atoms with E-state index in [0.29, 0.717) is 17.9 Å². The van der Waals surface area contributed by atoms with E-state index in [1.165, 1.54) is 13.1 Å². The molecule has 2 aromatic rings. The highest BCUT2D eigenvalue weighted by molar-refractivity contribution is 7.89. The van der Waals surface area contributed by atoms with Crippen molar-refractivity contribution in [3.63, 3.8) is 0 Å². The van der Waals surface area contributed by atoms with Crippen molar-refractivity contribution >= 4 is 32.7 Å². The zero-order valence-corrected chi connectivity index (χ0v) is 13.5. The van der Waals surface area contributed by atoms with Crippen LogP contribution in [0.2, 0.25) is 0 Å². The van der Waals surface area contributed by atoms with Gasteiger partial charge in [0, 0.05) is 29.7 Å². The first-order chi connectivity index (χ1) is 9.94. The number of benzene rings is 1. The van der Waals surface area contributed by atoms with E-state index in [9.17, 15) is 8.42 Å². The summed E-state index contributed by atoms with van der Waals surface area (Å²) in [4.78, 5) is 4.41. The molecule has 8 heteroatoms. The van der Waals surface area contributed by atoms with Crippen molar-refractivity contribution in [2.45, 2.75) is 17.7 Å². The molecular weight excluding hydrogens is 308 g/mol. The number of anilines is 2. The number of hydrogen-bond acceptors (Lipinski definition) is 6. The average Bonchev–Trinajstić information content (AvgIpc) is 2.99. The van der Waals surface area contributed by atoms with Gasteiger partial charge in [0.05, 0.1) is 10.7 Å². The highest BCUT2D eigenvalue weighted by Crippen LogP contribution is 2.25. The Hall–Kier alpha value is -1.64. The molecule has 114 valence electrons. The van der Waals surface area contributed by atoms with Crippen molar-refractivity contribution in [3.8, 4) is 0 Å². The lowest BCUT2D eigenvalue weighted by atomic mass is 10.2. The van der Waals surface area contributed by atoms with Crippen LogP contribution in [0.1, 0.15) is 17.8 Å². The second-order valence-electron chi connectivity index (χ2n) is 4.62. The minimum atomic E-state index is -3.56. The van der Waals surface area contributed by atoms with E-state index in [4.69, 9.17) is 5.73 Å². The number of nitrogen functional groups attached to an aromatic ring is 1. The lowest BCUT2D eigenvalue weighted by molar-refractivity contribution is 0.588. The highest BCUT2D eigenvalue weighted by Gasteiger charge is 2.18. The Kier molecular flexibility index (Phi) is 4.81. The molecule has 0 fully saturated rings. The predicted molar refractivity (Wildman–Crippen MR) is 86.1 cm³/mol. The Labute approximate surface area is 128 Å². The molecule has 21 heavy (non-hydrogen) atoms. The first-order valence-corrected chi connectivity index (χ1v) is 8.76. The van der Waals surface area contributed by atoms with E-state index in [-0.39, 0.29) is 10.8 Å². The summed E-state index contributed by atoms with van der Waals surface area (Å²) in [6.07, 6.45) is 1.76. The number of nitrogens with zero attached hydrogens (tertiary/aromatic N) is 1. The molecule has 0 spiro atoms. The fourth-order valence-electron chi connectivity index (χ4n) is 1.85. The first-order valence-electron chi connectivity index (χ1n) is 6.40. The average molecular weight is 326 g/mol. The fourth-order valence-corrected chi connectivity index (χ4v) is 3.48. The van der Waals surface area contributed by atoms with Gasteiger partial charge in [0.15, 0.2) is 0 Å². The van der Waals surface area contributed by atoms with Gasteiger partial charge in [-0.1, -0.05) is 6.92 Å². The van der Waals surface area contributed by atoms with Crippen LogP contribution in [-0.2, 0) is 10.0 Å². The van der Waals surface area contributed by atoms with E-state index in [1.54, 1.807) is 29.7 Å². The fraction of sp³-hybridized carbons (Fsp3) is 0.308. The third-order valence-electron chi connectivity index (χ3n) is 3.04. The number of thiazole rings is 1. The molecule has 0 aliphatic heterocycles. The van der Waals surface area contributed by atoms with Crippen molar-refractivity contribution in [3.05, 3.63) is 34.8 Å². The SMILES string of the molecule is CNS(=O)(=O)c1cc(N)ccc1NCC(C)c1nccs1. The van der Waals surface area contributed by atoms with Crippen LogP contribution in [0.4, 0.5) is 11.4 Å². The van der Waals surface area contributed by atoms with Crippen LogP contribution in [-0.4, -0.2) is 27.0 Å². The second-order valence-corrected chi connectivity index (χ2v) is 7.40. The number of aromatic nitrogens is 1. The van der Waals surface area contributed by atoms with Gasteiger partial charge >= 0.3 is 0 Å². The van der Waals surface area contributed by atoms with E-state index in [0.717, 1.165) is 5.01 Å². The van der Waals surface area contributed by atoms with Gasteiger partial charge in [-0.15, -0.1) is 11.3 Å². The largest absolute Gasteiger partial charge is 0.399 e. The van der Waals surface area contributed by atoms with Crippen LogP contribution < -0.4 is 15.8 Å². The number of sulfonamides is 1. The van der Waals surface area contributed by atoms with Gasteiger partial charge in [0.1, 0.15) is 4.90 Å². The molecule has 0 amide bonds. The number of nitrogens with one attached hydrogen (secondary N) is 2. The Morgan fingerprint density at radius 3 is 2.81 bits per heavy atom. The number of hydrogen-bond donors (Lipinski definition) is 3. The van der Waals surface area contributed by atoms with E-state index >= 15 is 0 Å². The number of rotatable bonds is 6. The maximum Gasteiger partial charge on any atom is 0.242 e. The van der Waals surface area contributed by atoms with Crippen LogP contribution in [0, 0.1) is 0 Å². The molecule has 0 aliphatic carbocycles.